The van der Waals surface area contributed by atoms with Crippen LogP contribution in [0.3, 0.4) is 0 Å². The molecule has 8 rings (SSSR count). The van der Waals surface area contributed by atoms with Crippen LogP contribution in [-0.2, 0) is 29.6 Å². The van der Waals surface area contributed by atoms with Gasteiger partial charge in [0.25, 0.3) is 26.0 Å². The van der Waals surface area contributed by atoms with Gasteiger partial charge in [0.2, 0.25) is 17.5 Å². The van der Waals surface area contributed by atoms with E-state index in [4.69, 9.17) is 32.7 Å². The SMILES string of the molecule is CC1(C)CCN(c2ccc(Cl)cc2OC2(C(=O)NS(=O)(=O)c3cccc(F)n3)CC2)CC1.CC1(C)CCN(c2ccc(Cl)cc2OC2(C(=O)O)CC2)CC1.NS(=O)(=O)c1cccc(F)n1. The number of sulfonamides is 2. The molecule has 2 aliphatic carbocycles. The Morgan fingerprint density at radius 3 is 1.43 bits per heavy atom. The van der Waals surface area contributed by atoms with E-state index in [-0.39, 0.29) is 5.41 Å². The lowest BCUT2D eigenvalue weighted by molar-refractivity contribution is -0.147. The molecule has 2 aromatic carbocycles. The summed E-state index contributed by atoms with van der Waals surface area (Å²) in [5, 5.41) is 14.0. The van der Waals surface area contributed by atoms with Crippen molar-refractivity contribution in [3.63, 3.8) is 0 Å². The Labute approximate surface area is 387 Å². The van der Waals surface area contributed by atoms with Gasteiger partial charge in [-0.15, -0.1) is 0 Å². The molecule has 2 aliphatic heterocycles. The average Bonchev–Trinajstić information content (AvgIpc) is 4.16. The fraction of sp³-hybridized carbons (Fsp3) is 0.455. The number of carboxylic acid groups (broad SMARTS) is 1. The van der Waals surface area contributed by atoms with Gasteiger partial charge in [-0.05, 0) is 85.0 Å². The molecule has 0 bridgehead atoms. The third-order valence-corrected chi connectivity index (χ3v) is 14.3. The predicted octanol–water partition coefficient (Wildman–Crippen LogP) is 7.75. The molecule has 0 radical (unpaired) electrons. The number of amides is 1. The lowest BCUT2D eigenvalue weighted by Gasteiger charge is -2.39. The highest BCUT2D eigenvalue weighted by molar-refractivity contribution is 7.90. The Hall–Kier alpha value is -4.82. The first-order valence-corrected chi connectivity index (χ1v) is 24.7. The lowest BCUT2D eigenvalue weighted by atomic mass is 9.82. The average molecular weight is 982 g/mol. The summed E-state index contributed by atoms with van der Waals surface area (Å²) < 4.78 is 85.6. The third kappa shape index (κ3) is 13.0. The molecule has 4 aliphatic rings. The van der Waals surface area contributed by atoms with Crippen molar-refractivity contribution in [1.29, 1.82) is 0 Å². The van der Waals surface area contributed by atoms with Gasteiger partial charge in [0.1, 0.15) is 11.5 Å². The second kappa shape index (κ2) is 19.2. The fourth-order valence-electron chi connectivity index (χ4n) is 7.11. The van der Waals surface area contributed by atoms with Crippen molar-refractivity contribution >= 4 is 66.5 Å². The summed E-state index contributed by atoms with van der Waals surface area (Å²) in [7, 11) is -8.21. The zero-order chi connectivity index (χ0) is 47.6. The number of aromatic nitrogens is 2. The number of nitrogens with one attached hydrogen (secondary N) is 1. The summed E-state index contributed by atoms with van der Waals surface area (Å²) in [6.07, 6.45) is 6.06. The van der Waals surface area contributed by atoms with Crippen LogP contribution in [-0.4, -0.2) is 81.2 Å². The molecule has 0 atom stereocenters. The molecule has 4 aromatic rings. The number of halogens is 4. The topological polar surface area (TPSA) is 211 Å². The number of hydrogen-bond acceptors (Lipinski definition) is 12. The van der Waals surface area contributed by atoms with Crippen LogP contribution in [0.5, 0.6) is 11.5 Å². The molecular formula is C44H52Cl2F2N6O9S2. The summed E-state index contributed by atoms with van der Waals surface area (Å²) in [5.41, 5.74) is 0.0264. The van der Waals surface area contributed by atoms with E-state index in [9.17, 15) is 40.3 Å². The molecule has 4 heterocycles. The van der Waals surface area contributed by atoms with Crippen molar-refractivity contribution in [3.05, 3.63) is 94.7 Å². The molecule has 2 aromatic heterocycles. The van der Waals surface area contributed by atoms with Crippen LogP contribution in [0.15, 0.2) is 82.8 Å². The third-order valence-electron chi connectivity index (χ3n) is 11.8. The van der Waals surface area contributed by atoms with Crippen molar-refractivity contribution in [2.24, 2.45) is 16.0 Å². The standard InChI is InChI=1S/C22H25ClFN3O4S.C17H22ClNO3.C5H5FN2O2S/c1-21(2)10-12-27(13-11-21)16-7-6-15(23)14-17(16)31-22(8-9-22)20(28)26-32(29,30)19-5-3-4-18(24)25-19;1-16(2)7-9-19(10-8-16)13-4-3-12(18)11-14(13)22-17(5-6-17)15(20)21;6-4-2-1-3-5(8-4)11(7,9)10/h3-7,14H,8-13H2,1-2H3,(H,26,28);3-4,11H,5-10H2,1-2H3,(H,20,21);1-3H,(H2,7,9,10). The fourth-order valence-corrected chi connectivity index (χ4v) is 8.91. The van der Waals surface area contributed by atoms with Crippen LogP contribution in [0.25, 0.3) is 0 Å². The Morgan fingerprint density at radius 2 is 1.06 bits per heavy atom. The molecule has 2 saturated heterocycles. The van der Waals surface area contributed by atoms with Crippen LogP contribution < -0.4 is 29.1 Å². The van der Waals surface area contributed by atoms with Crippen LogP contribution in [0.4, 0.5) is 20.2 Å². The van der Waals surface area contributed by atoms with Gasteiger partial charge >= 0.3 is 5.97 Å². The second-order valence-electron chi connectivity index (χ2n) is 18.1. The number of aliphatic carboxylic acids is 1. The number of piperidine rings is 2. The van der Waals surface area contributed by atoms with Crippen molar-refractivity contribution in [2.45, 2.75) is 100 Å². The second-order valence-corrected chi connectivity index (χ2v) is 22.1. The van der Waals surface area contributed by atoms with Gasteiger partial charge in [0.05, 0.1) is 11.4 Å². The molecule has 21 heteroatoms. The van der Waals surface area contributed by atoms with E-state index in [1.807, 2.05) is 22.9 Å². The Balaban J connectivity index is 0.000000182. The normalized spacial score (nSPS) is 19.0. The summed E-state index contributed by atoms with van der Waals surface area (Å²) in [5.74, 6) is -2.49. The number of nitrogens with zero attached hydrogens (tertiary/aromatic N) is 4. The number of rotatable bonds is 11. The van der Waals surface area contributed by atoms with Crippen LogP contribution in [0, 0.1) is 22.7 Å². The molecular weight excluding hydrogens is 930 g/mol. The van der Waals surface area contributed by atoms with Crippen molar-refractivity contribution in [1.82, 2.24) is 14.7 Å². The number of pyridine rings is 2. The monoisotopic (exact) mass is 980 g/mol. The van der Waals surface area contributed by atoms with Crippen LogP contribution >= 0.6 is 23.2 Å². The molecule has 65 heavy (non-hydrogen) atoms. The maximum absolute atomic E-state index is 13.3. The quantitative estimate of drug-likeness (QED) is 0.123. The number of ether oxygens (including phenoxy) is 2. The number of benzene rings is 2. The summed E-state index contributed by atoms with van der Waals surface area (Å²) in [6.45, 7) is 12.6. The molecule has 4 fully saturated rings. The number of carbonyl (C=O) groups is 2. The number of carbonyl (C=O) groups excluding carboxylic acids is 1. The van der Waals surface area contributed by atoms with Crippen LogP contribution in [0.1, 0.15) is 79.1 Å². The minimum Gasteiger partial charge on any atom is -0.478 e. The van der Waals surface area contributed by atoms with Gasteiger partial charge in [-0.25, -0.2) is 33.0 Å². The lowest BCUT2D eigenvalue weighted by Crippen LogP contribution is -2.44. The molecule has 15 nitrogen and oxygen atoms in total. The number of nitrogens with two attached hydrogens (primary N) is 1. The summed E-state index contributed by atoms with van der Waals surface area (Å²) >= 11 is 12.3. The van der Waals surface area contributed by atoms with E-state index in [2.05, 4.69) is 52.6 Å². The van der Waals surface area contributed by atoms with Gasteiger partial charge in [-0.2, -0.15) is 17.2 Å². The predicted molar refractivity (Wildman–Crippen MR) is 241 cm³/mol. The number of primary sulfonamides is 1. The maximum Gasteiger partial charge on any atom is 0.348 e. The van der Waals surface area contributed by atoms with Gasteiger partial charge < -0.3 is 24.4 Å². The first kappa shape index (κ1) is 49.6. The molecule has 1 amide bonds. The van der Waals surface area contributed by atoms with Crippen molar-refractivity contribution in [3.8, 4) is 11.5 Å². The molecule has 2 saturated carbocycles. The largest absolute Gasteiger partial charge is 0.478 e. The van der Waals surface area contributed by atoms with E-state index in [0.717, 1.165) is 87.5 Å². The number of hydrogen-bond donors (Lipinski definition) is 3. The van der Waals surface area contributed by atoms with Gasteiger partial charge in [0.15, 0.2) is 15.7 Å². The van der Waals surface area contributed by atoms with Crippen molar-refractivity contribution < 1.29 is 49.8 Å². The van der Waals surface area contributed by atoms with E-state index in [0.29, 0.717) is 52.6 Å². The smallest absolute Gasteiger partial charge is 0.348 e. The van der Waals surface area contributed by atoms with Gasteiger partial charge in [0, 0.05) is 74.0 Å². The van der Waals surface area contributed by atoms with E-state index in [1.54, 1.807) is 18.2 Å². The number of carboxylic acids is 1. The van der Waals surface area contributed by atoms with E-state index in [1.165, 1.54) is 12.1 Å². The summed E-state index contributed by atoms with van der Waals surface area (Å²) in [6, 6.07) is 17.5. The number of anilines is 2. The highest BCUT2D eigenvalue weighted by Gasteiger charge is 2.55. The highest BCUT2D eigenvalue weighted by Crippen LogP contribution is 2.47. The molecule has 352 valence electrons. The zero-order valence-electron chi connectivity index (χ0n) is 36.3. The van der Waals surface area contributed by atoms with Gasteiger partial charge in [-0.3, -0.25) is 4.79 Å². The van der Waals surface area contributed by atoms with E-state index < -0.39 is 65.1 Å². The van der Waals surface area contributed by atoms with Crippen molar-refractivity contribution in [2.75, 3.05) is 36.0 Å². The first-order valence-electron chi connectivity index (χ1n) is 20.9. The van der Waals surface area contributed by atoms with Gasteiger partial charge in [-0.1, -0.05) is 63.0 Å². The zero-order valence-corrected chi connectivity index (χ0v) is 39.5. The Kier molecular flexibility index (Phi) is 14.6. The summed E-state index contributed by atoms with van der Waals surface area (Å²) in [4.78, 5) is 35.1. The highest BCUT2D eigenvalue weighted by atomic mass is 35.5. The minimum atomic E-state index is -4.34. The molecule has 0 unspecified atom stereocenters. The Morgan fingerprint density at radius 1 is 0.662 bits per heavy atom. The molecule has 0 spiro atoms. The maximum atomic E-state index is 13.3. The molecule has 4 N–H and O–H groups in total. The van der Waals surface area contributed by atoms with E-state index >= 15 is 0 Å². The van der Waals surface area contributed by atoms with Crippen LogP contribution in [0.2, 0.25) is 10.0 Å². The first-order chi connectivity index (χ1) is 30.3. The Bertz CT molecular complexity index is 2630. The minimum absolute atomic E-state index is 0.265.